The number of amides is 1. The molecule has 3 heteroatoms. The zero-order valence-corrected chi connectivity index (χ0v) is 15.8. The van der Waals surface area contributed by atoms with Crippen molar-refractivity contribution in [2.24, 2.45) is 0 Å². The first-order valence-electron chi connectivity index (χ1n) is 9.91. The number of hydrogen-bond acceptors (Lipinski definition) is 2. The summed E-state index contributed by atoms with van der Waals surface area (Å²) in [6.07, 6.45) is 2.05. The van der Waals surface area contributed by atoms with Gasteiger partial charge in [0.15, 0.2) is 0 Å². The summed E-state index contributed by atoms with van der Waals surface area (Å²) in [5.74, 6) is 0.201. The highest BCUT2D eigenvalue weighted by Gasteiger charge is 2.54. The Bertz CT molecular complexity index is 968. The number of rotatable bonds is 4. The molecule has 3 aromatic rings. The molecule has 2 fully saturated rings. The fourth-order valence-electron chi connectivity index (χ4n) is 4.59. The number of fused-ring (bicyclic) bond motifs is 1. The van der Waals surface area contributed by atoms with Gasteiger partial charge in [-0.15, -0.1) is 0 Å². The van der Waals surface area contributed by atoms with E-state index in [0.29, 0.717) is 13.0 Å². The number of hydrogen-bond donors (Lipinski definition) is 0. The van der Waals surface area contributed by atoms with E-state index in [0.717, 1.165) is 18.4 Å². The quantitative estimate of drug-likeness (QED) is 0.649. The molecule has 2 heterocycles. The second kappa shape index (κ2) is 6.92. The minimum Gasteiger partial charge on any atom is -0.353 e. The lowest BCUT2D eigenvalue weighted by molar-refractivity contribution is -0.138. The Morgan fingerprint density at radius 2 is 1.50 bits per heavy atom. The van der Waals surface area contributed by atoms with Crippen molar-refractivity contribution in [1.82, 2.24) is 4.90 Å². The third kappa shape index (κ3) is 2.92. The third-order valence-corrected chi connectivity index (χ3v) is 5.98. The molecule has 2 aliphatic heterocycles. The summed E-state index contributed by atoms with van der Waals surface area (Å²) in [5, 5.41) is 0. The highest BCUT2D eigenvalue weighted by Crippen LogP contribution is 2.46. The molecule has 0 spiro atoms. The van der Waals surface area contributed by atoms with Gasteiger partial charge < -0.3 is 9.64 Å². The molecule has 3 aromatic carbocycles. The van der Waals surface area contributed by atoms with E-state index in [1.54, 1.807) is 0 Å². The number of carbonyl (C=O) groups excluding carboxylic acids is 1. The van der Waals surface area contributed by atoms with Crippen LogP contribution in [0.4, 0.5) is 0 Å². The predicted molar refractivity (Wildman–Crippen MR) is 110 cm³/mol. The van der Waals surface area contributed by atoms with Gasteiger partial charge in [-0.2, -0.15) is 0 Å². The van der Waals surface area contributed by atoms with Gasteiger partial charge in [-0.05, 0) is 22.3 Å². The van der Waals surface area contributed by atoms with Crippen LogP contribution >= 0.6 is 0 Å². The molecular weight excluding hydrogens is 346 g/mol. The topological polar surface area (TPSA) is 29.5 Å². The maximum atomic E-state index is 12.7. The van der Waals surface area contributed by atoms with Crippen molar-refractivity contribution >= 4 is 5.91 Å². The third-order valence-electron chi connectivity index (χ3n) is 5.98. The summed E-state index contributed by atoms with van der Waals surface area (Å²) in [4.78, 5) is 14.7. The van der Waals surface area contributed by atoms with E-state index in [4.69, 9.17) is 4.74 Å². The van der Waals surface area contributed by atoms with Crippen LogP contribution in [0, 0.1) is 0 Å². The fraction of sp³-hybridized carbons (Fsp3) is 0.240. The number of ether oxygens (including phenoxy) is 1. The van der Waals surface area contributed by atoms with Gasteiger partial charge in [-0.25, -0.2) is 0 Å². The minimum absolute atomic E-state index is 0.0137. The van der Waals surface area contributed by atoms with Crippen molar-refractivity contribution in [2.75, 3.05) is 6.61 Å². The molecule has 0 N–H and O–H groups in total. The molecule has 2 atom stereocenters. The molecule has 0 aliphatic carbocycles. The average Bonchev–Trinajstić information content (AvgIpc) is 3.27. The maximum absolute atomic E-state index is 12.7. The largest absolute Gasteiger partial charge is 0.353 e. The van der Waals surface area contributed by atoms with E-state index < -0.39 is 5.72 Å². The van der Waals surface area contributed by atoms with Crippen molar-refractivity contribution < 1.29 is 9.53 Å². The fourth-order valence-corrected chi connectivity index (χ4v) is 4.59. The van der Waals surface area contributed by atoms with Crippen LogP contribution in [0.25, 0.3) is 11.1 Å². The molecule has 1 amide bonds. The Labute approximate surface area is 165 Å². The molecule has 1 unspecified atom stereocenters. The Hall–Kier alpha value is -2.91. The van der Waals surface area contributed by atoms with E-state index in [1.807, 2.05) is 29.2 Å². The summed E-state index contributed by atoms with van der Waals surface area (Å²) in [6.45, 7) is 0.567. The number of benzene rings is 3. The molecule has 0 aromatic heterocycles. The maximum Gasteiger partial charge on any atom is 0.225 e. The van der Waals surface area contributed by atoms with Crippen LogP contribution < -0.4 is 0 Å². The highest BCUT2D eigenvalue weighted by atomic mass is 16.5. The van der Waals surface area contributed by atoms with E-state index in [9.17, 15) is 4.79 Å². The normalized spacial score (nSPS) is 23.8. The molecule has 2 saturated heterocycles. The summed E-state index contributed by atoms with van der Waals surface area (Å²) in [6, 6.07) is 29.3. The Morgan fingerprint density at radius 3 is 2.21 bits per heavy atom. The number of nitrogens with zero attached hydrogens (tertiary/aromatic N) is 1. The molecule has 2 aliphatic rings. The van der Waals surface area contributed by atoms with Crippen molar-refractivity contribution in [3.05, 3.63) is 96.1 Å². The van der Waals surface area contributed by atoms with Crippen LogP contribution in [0.15, 0.2) is 84.9 Å². The average molecular weight is 369 g/mol. The SMILES string of the molecule is O=C1CC[C@]2(Cc3ccc(-c4ccccc4)cc3)OCC(c3ccccc3)N12. The van der Waals surface area contributed by atoms with Gasteiger partial charge in [-0.3, -0.25) is 4.79 Å². The van der Waals surface area contributed by atoms with E-state index >= 15 is 0 Å². The van der Waals surface area contributed by atoms with E-state index in [2.05, 4.69) is 60.7 Å². The van der Waals surface area contributed by atoms with Crippen LogP contribution in [0.5, 0.6) is 0 Å². The van der Waals surface area contributed by atoms with Crippen LogP contribution in [0.1, 0.15) is 30.0 Å². The van der Waals surface area contributed by atoms with Crippen LogP contribution in [-0.4, -0.2) is 23.1 Å². The molecular formula is C25H23NO2. The van der Waals surface area contributed by atoms with Crippen molar-refractivity contribution in [3.8, 4) is 11.1 Å². The second-order valence-corrected chi connectivity index (χ2v) is 7.69. The number of carbonyl (C=O) groups is 1. The second-order valence-electron chi connectivity index (χ2n) is 7.69. The standard InChI is InChI=1S/C25H23NO2/c27-24-15-16-25(26(24)23(18-28-25)22-9-5-2-6-10-22)17-19-11-13-21(14-12-19)20-7-3-1-4-8-20/h1-14,23H,15-18H2/t23?,25-/m1/s1. The van der Waals surface area contributed by atoms with Gasteiger partial charge in [0.25, 0.3) is 0 Å². The first-order chi connectivity index (χ1) is 13.8. The lowest BCUT2D eigenvalue weighted by Gasteiger charge is -2.33. The minimum atomic E-state index is -0.508. The van der Waals surface area contributed by atoms with Crippen molar-refractivity contribution in [3.63, 3.8) is 0 Å². The van der Waals surface area contributed by atoms with Crippen LogP contribution in [0.2, 0.25) is 0 Å². The molecule has 0 radical (unpaired) electrons. The molecule has 28 heavy (non-hydrogen) atoms. The van der Waals surface area contributed by atoms with Gasteiger partial charge in [0.2, 0.25) is 5.91 Å². The molecule has 5 rings (SSSR count). The Balaban J connectivity index is 1.40. The van der Waals surface area contributed by atoms with Crippen LogP contribution in [0.3, 0.4) is 0 Å². The lowest BCUT2D eigenvalue weighted by Crippen LogP contribution is -2.44. The zero-order valence-electron chi connectivity index (χ0n) is 15.8. The van der Waals surface area contributed by atoms with Crippen molar-refractivity contribution in [2.45, 2.75) is 31.0 Å². The summed E-state index contributed by atoms with van der Waals surface area (Å²) in [7, 11) is 0. The first-order valence-corrected chi connectivity index (χ1v) is 9.91. The van der Waals surface area contributed by atoms with E-state index in [-0.39, 0.29) is 11.9 Å². The molecule has 3 nitrogen and oxygen atoms in total. The first kappa shape index (κ1) is 17.2. The van der Waals surface area contributed by atoms with E-state index in [1.165, 1.54) is 16.7 Å². The summed E-state index contributed by atoms with van der Waals surface area (Å²) >= 11 is 0. The van der Waals surface area contributed by atoms with Gasteiger partial charge >= 0.3 is 0 Å². The van der Waals surface area contributed by atoms with Gasteiger partial charge in [0, 0.05) is 19.3 Å². The Morgan fingerprint density at radius 1 is 0.857 bits per heavy atom. The predicted octanol–water partition coefficient (Wildman–Crippen LogP) is 4.99. The molecule has 140 valence electrons. The monoisotopic (exact) mass is 369 g/mol. The Kier molecular flexibility index (Phi) is 4.25. The van der Waals surface area contributed by atoms with Crippen molar-refractivity contribution in [1.29, 1.82) is 0 Å². The van der Waals surface area contributed by atoms with Gasteiger partial charge in [0.1, 0.15) is 5.72 Å². The summed E-state index contributed by atoms with van der Waals surface area (Å²) < 4.78 is 6.33. The van der Waals surface area contributed by atoms with Gasteiger partial charge in [0.05, 0.1) is 12.6 Å². The van der Waals surface area contributed by atoms with Gasteiger partial charge in [-0.1, -0.05) is 84.9 Å². The molecule has 0 bridgehead atoms. The zero-order chi connectivity index (χ0) is 19.0. The van der Waals surface area contributed by atoms with Crippen LogP contribution in [-0.2, 0) is 16.0 Å². The molecule has 0 saturated carbocycles. The summed E-state index contributed by atoms with van der Waals surface area (Å²) in [5.41, 5.74) is 4.26. The lowest BCUT2D eigenvalue weighted by atomic mass is 9.97. The smallest absolute Gasteiger partial charge is 0.225 e. The highest BCUT2D eigenvalue weighted by molar-refractivity contribution is 5.80.